The van der Waals surface area contributed by atoms with Crippen molar-refractivity contribution in [2.75, 3.05) is 18.6 Å². The van der Waals surface area contributed by atoms with E-state index < -0.39 is 5.97 Å². The quantitative estimate of drug-likeness (QED) is 0.777. The molecule has 0 aliphatic heterocycles. The van der Waals surface area contributed by atoms with Gasteiger partial charge in [0, 0.05) is 18.1 Å². The van der Waals surface area contributed by atoms with Gasteiger partial charge in [-0.05, 0) is 43.3 Å². The SMILES string of the molecule is Cc1nc(N(C)c2ccc(OCC(=O)O)cc2)c2ccccc2n1. The molecule has 1 aromatic heterocycles. The number of aliphatic carboxylic acids is 1. The molecule has 3 aromatic rings. The van der Waals surface area contributed by atoms with E-state index in [0.29, 0.717) is 11.6 Å². The molecule has 0 fully saturated rings. The summed E-state index contributed by atoms with van der Waals surface area (Å²) in [5.41, 5.74) is 1.81. The van der Waals surface area contributed by atoms with Gasteiger partial charge >= 0.3 is 5.97 Å². The zero-order chi connectivity index (χ0) is 17.1. The van der Waals surface area contributed by atoms with Crippen LogP contribution in [0.2, 0.25) is 0 Å². The first kappa shape index (κ1) is 15.7. The molecule has 0 bridgehead atoms. The predicted molar refractivity (Wildman–Crippen MR) is 91.9 cm³/mol. The summed E-state index contributed by atoms with van der Waals surface area (Å²) in [6, 6.07) is 15.1. The van der Waals surface area contributed by atoms with Crippen LogP contribution in [0.15, 0.2) is 48.5 Å². The average molecular weight is 323 g/mol. The van der Waals surface area contributed by atoms with Crippen molar-refractivity contribution >= 4 is 28.4 Å². The second-order valence-electron chi connectivity index (χ2n) is 5.35. The van der Waals surface area contributed by atoms with Crippen molar-refractivity contribution in [1.82, 2.24) is 9.97 Å². The topological polar surface area (TPSA) is 75.6 Å². The first-order chi connectivity index (χ1) is 11.5. The van der Waals surface area contributed by atoms with Crippen molar-refractivity contribution in [2.24, 2.45) is 0 Å². The number of carbonyl (C=O) groups is 1. The zero-order valence-corrected chi connectivity index (χ0v) is 13.4. The fraction of sp³-hybridized carbons (Fsp3) is 0.167. The molecule has 0 radical (unpaired) electrons. The van der Waals surface area contributed by atoms with Gasteiger partial charge in [0.25, 0.3) is 0 Å². The highest BCUT2D eigenvalue weighted by Gasteiger charge is 2.12. The van der Waals surface area contributed by atoms with Gasteiger partial charge in [-0.3, -0.25) is 0 Å². The molecule has 3 rings (SSSR count). The minimum absolute atomic E-state index is 0.356. The van der Waals surface area contributed by atoms with Gasteiger partial charge in [-0.15, -0.1) is 0 Å². The molecule has 2 aromatic carbocycles. The lowest BCUT2D eigenvalue weighted by Gasteiger charge is -2.20. The standard InChI is InChI=1S/C18H17N3O3/c1-12-19-16-6-4-3-5-15(16)18(20-12)21(2)13-7-9-14(10-8-13)24-11-17(22)23/h3-10H,11H2,1-2H3,(H,22,23). The Bertz CT molecular complexity index is 878. The van der Waals surface area contributed by atoms with Crippen LogP contribution < -0.4 is 9.64 Å². The Balaban J connectivity index is 1.92. The second-order valence-corrected chi connectivity index (χ2v) is 5.35. The fourth-order valence-electron chi connectivity index (χ4n) is 2.46. The minimum atomic E-state index is -1.00. The number of para-hydroxylation sites is 1. The smallest absolute Gasteiger partial charge is 0.341 e. The molecule has 0 saturated carbocycles. The number of fused-ring (bicyclic) bond motifs is 1. The van der Waals surface area contributed by atoms with E-state index in [-0.39, 0.29) is 6.61 Å². The number of aryl methyl sites for hydroxylation is 1. The highest BCUT2D eigenvalue weighted by molar-refractivity contribution is 5.91. The summed E-state index contributed by atoms with van der Waals surface area (Å²) in [6.45, 7) is 1.51. The molecule has 0 spiro atoms. The molecule has 6 nitrogen and oxygen atoms in total. The van der Waals surface area contributed by atoms with Gasteiger partial charge < -0.3 is 14.7 Å². The van der Waals surface area contributed by atoms with Gasteiger partial charge in [-0.25, -0.2) is 14.8 Å². The van der Waals surface area contributed by atoms with Crippen LogP contribution in [-0.2, 0) is 4.79 Å². The van der Waals surface area contributed by atoms with E-state index >= 15 is 0 Å². The number of benzene rings is 2. The number of rotatable bonds is 5. The molecule has 24 heavy (non-hydrogen) atoms. The average Bonchev–Trinajstić information content (AvgIpc) is 2.59. The van der Waals surface area contributed by atoms with Crippen LogP contribution in [0.3, 0.4) is 0 Å². The summed E-state index contributed by atoms with van der Waals surface area (Å²) in [6.07, 6.45) is 0. The Labute approximate surface area is 139 Å². The number of carboxylic acid groups (broad SMARTS) is 1. The number of nitrogens with zero attached hydrogens (tertiary/aromatic N) is 3. The first-order valence-electron chi connectivity index (χ1n) is 7.46. The number of anilines is 2. The lowest BCUT2D eigenvalue weighted by atomic mass is 10.2. The Morgan fingerprint density at radius 1 is 1.12 bits per heavy atom. The van der Waals surface area contributed by atoms with Crippen LogP contribution in [0.5, 0.6) is 5.75 Å². The van der Waals surface area contributed by atoms with Gasteiger partial charge in [0.05, 0.1) is 5.52 Å². The van der Waals surface area contributed by atoms with Crippen LogP contribution in [0.4, 0.5) is 11.5 Å². The number of hydrogen-bond acceptors (Lipinski definition) is 5. The molecular formula is C18H17N3O3. The molecule has 122 valence electrons. The van der Waals surface area contributed by atoms with Crippen LogP contribution in [0.1, 0.15) is 5.82 Å². The second kappa shape index (κ2) is 6.54. The molecular weight excluding hydrogens is 306 g/mol. The predicted octanol–water partition coefficient (Wildman–Crippen LogP) is 3.17. The third-order valence-corrected chi connectivity index (χ3v) is 3.60. The summed E-state index contributed by atoms with van der Waals surface area (Å²) in [4.78, 5) is 21.5. The zero-order valence-electron chi connectivity index (χ0n) is 13.4. The molecule has 0 aliphatic carbocycles. The Kier molecular flexibility index (Phi) is 4.29. The van der Waals surface area contributed by atoms with E-state index in [1.807, 2.05) is 55.3 Å². The summed E-state index contributed by atoms with van der Waals surface area (Å²) in [5, 5.41) is 9.61. The van der Waals surface area contributed by atoms with Crippen molar-refractivity contribution in [3.8, 4) is 5.75 Å². The lowest BCUT2D eigenvalue weighted by Crippen LogP contribution is -2.13. The Morgan fingerprint density at radius 2 is 1.83 bits per heavy atom. The fourth-order valence-corrected chi connectivity index (χ4v) is 2.46. The van der Waals surface area contributed by atoms with Gasteiger partial charge in [-0.1, -0.05) is 12.1 Å². The lowest BCUT2D eigenvalue weighted by molar-refractivity contribution is -0.139. The molecule has 1 N–H and O–H groups in total. The van der Waals surface area contributed by atoms with Crippen molar-refractivity contribution < 1.29 is 14.6 Å². The highest BCUT2D eigenvalue weighted by Crippen LogP contribution is 2.29. The number of carboxylic acids is 1. The highest BCUT2D eigenvalue weighted by atomic mass is 16.5. The molecule has 1 heterocycles. The molecule has 0 atom stereocenters. The van der Waals surface area contributed by atoms with Crippen LogP contribution in [0, 0.1) is 6.92 Å². The number of aromatic nitrogens is 2. The maximum Gasteiger partial charge on any atom is 0.341 e. The normalized spacial score (nSPS) is 10.6. The molecule has 6 heteroatoms. The van der Waals surface area contributed by atoms with Crippen LogP contribution in [-0.4, -0.2) is 34.7 Å². The summed E-state index contributed by atoms with van der Waals surface area (Å²) in [7, 11) is 1.93. The maximum absolute atomic E-state index is 10.5. The third-order valence-electron chi connectivity index (χ3n) is 3.60. The maximum atomic E-state index is 10.5. The van der Waals surface area contributed by atoms with Gasteiger partial charge in [0.2, 0.25) is 0 Å². The monoisotopic (exact) mass is 323 g/mol. The minimum Gasteiger partial charge on any atom is -0.482 e. The van der Waals surface area contributed by atoms with E-state index in [0.717, 1.165) is 22.4 Å². The number of hydrogen-bond donors (Lipinski definition) is 1. The third kappa shape index (κ3) is 3.27. The summed E-state index contributed by atoms with van der Waals surface area (Å²) in [5.74, 6) is 1.03. The largest absolute Gasteiger partial charge is 0.482 e. The van der Waals surface area contributed by atoms with Crippen molar-refractivity contribution in [3.63, 3.8) is 0 Å². The molecule has 0 amide bonds. The molecule has 0 aliphatic rings. The van der Waals surface area contributed by atoms with Gasteiger partial charge in [0.15, 0.2) is 6.61 Å². The van der Waals surface area contributed by atoms with Crippen LogP contribution in [0.25, 0.3) is 10.9 Å². The van der Waals surface area contributed by atoms with E-state index in [9.17, 15) is 4.79 Å². The first-order valence-corrected chi connectivity index (χ1v) is 7.46. The summed E-state index contributed by atoms with van der Waals surface area (Å²) < 4.78 is 5.15. The summed E-state index contributed by atoms with van der Waals surface area (Å²) >= 11 is 0. The number of ether oxygens (including phenoxy) is 1. The van der Waals surface area contributed by atoms with Crippen molar-refractivity contribution in [1.29, 1.82) is 0 Å². The van der Waals surface area contributed by atoms with Crippen molar-refractivity contribution in [2.45, 2.75) is 6.92 Å². The Hall–Kier alpha value is -3.15. The molecule has 0 saturated heterocycles. The molecule has 0 unspecified atom stereocenters. The van der Waals surface area contributed by atoms with Gasteiger partial charge in [0.1, 0.15) is 17.4 Å². The van der Waals surface area contributed by atoms with E-state index in [1.54, 1.807) is 12.1 Å². The van der Waals surface area contributed by atoms with E-state index in [2.05, 4.69) is 9.97 Å². The van der Waals surface area contributed by atoms with Gasteiger partial charge in [-0.2, -0.15) is 0 Å². The van der Waals surface area contributed by atoms with E-state index in [4.69, 9.17) is 9.84 Å². The Morgan fingerprint density at radius 3 is 2.54 bits per heavy atom. The van der Waals surface area contributed by atoms with E-state index in [1.165, 1.54) is 0 Å². The van der Waals surface area contributed by atoms with Crippen molar-refractivity contribution in [3.05, 3.63) is 54.4 Å². The van der Waals surface area contributed by atoms with Crippen LogP contribution >= 0.6 is 0 Å².